The van der Waals surface area contributed by atoms with Crippen LogP contribution in [0.25, 0.3) is 6.08 Å². The van der Waals surface area contributed by atoms with Crippen molar-refractivity contribution in [3.8, 4) is 5.75 Å². The maximum atomic E-state index is 12.8. The number of carbonyl (C=O) groups excluding carboxylic acids is 3. The van der Waals surface area contributed by atoms with Gasteiger partial charge in [-0.3, -0.25) is 14.9 Å². The first kappa shape index (κ1) is 17.7. The lowest BCUT2D eigenvalue weighted by Gasteiger charge is -2.27. The SMILES string of the molecule is CCOc1ccccc1/C=C1\C(=O)NC(=O)N(c2ccccc2Cl)C1=O. The fourth-order valence-electron chi connectivity index (χ4n) is 2.55. The second-order valence-corrected chi connectivity index (χ2v) is 5.79. The highest BCUT2D eigenvalue weighted by Gasteiger charge is 2.37. The number of anilines is 1. The van der Waals surface area contributed by atoms with Gasteiger partial charge in [-0.25, -0.2) is 9.69 Å². The van der Waals surface area contributed by atoms with Gasteiger partial charge in [0.25, 0.3) is 11.8 Å². The number of para-hydroxylation sites is 2. The first-order chi connectivity index (χ1) is 12.5. The Kier molecular flexibility index (Phi) is 5.04. The maximum absolute atomic E-state index is 12.8. The van der Waals surface area contributed by atoms with Crippen molar-refractivity contribution < 1.29 is 19.1 Å². The van der Waals surface area contributed by atoms with Gasteiger partial charge >= 0.3 is 6.03 Å². The van der Waals surface area contributed by atoms with Crippen LogP contribution in [-0.4, -0.2) is 24.5 Å². The molecule has 0 spiro atoms. The number of amides is 4. The Labute approximate surface area is 155 Å². The van der Waals surface area contributed by atoms with Crippen molar-refractivity contribution in [2.45, 2.75) is 6.92 Å². The van der Waals surface area contributed by atoms with Gasteiger partial charge in [0.2, 0.25) is 0 Å². The standard InChI is InChI=1S/C19H15ClN2O4/c1-2-26-16-10-6-3-7-12(16)11-13-17(23)21-19(25)22(18(13)24)15-9-5-4-8-14(15)20/h3-11H,2H2,1H3,(H,21,23,25)/b13-11+. The van der Waals surface area contributed by atoms with E-state index in [-0.39, 0.29) is 16.3 Å². The average Bonchev–Trinajstić information content (AvgIpc) is 2.61. The van der Waals surface area contributed by atoms with Crippen LogP contribution in [0.2, 0.25) is 5.02 Å². The van der Waals surface area contributed by atoms with Crippen molar-refractivity contribution in [3.63, 3.8) is 0 Å². The molecule has 2 aromatic rings. The minimum atomic E-state index is -0.844. The van der Waals surface area contributed by atoms with Gasteiger partial charge in [-0.05, 0) is 31.2 Å². The highest BCUT2D eigenvalue weighted by molar-refractivity contribution is 6.42. The predicted octanol–water partition coefficient (Wildman–Crippen LogP) is 3.41. The normalized spacial score (nSPS) is 16.0. The van der Waals surface area contributed by atoms with Crippen LogP contribution in [0.3, 0.4) is 0 Å². The Hall–Kier alpha value is -3.12. The molecule has 2 aromatic carbocycles. The first-order valence-corrected chi connectivity index (χ1v) is 8.28. The molecule has 1 aliphatic heterocycles. The van der Waals surface area contributed by atoms with Crippen molar-refractivity contribution >= 4 is 41.2 Å². The number of hydrogen-bond donors (Lipinski definition) is 1. The summed E-state index contributed by atoms with van der Waals surface area (Å²) in [6.45, 7) is 2.27. The molecule has 0 aliphatic carbocycles. The number of imide groups is 2. The van der Waals surface area contributed by atoms with Gasteiger partial charge in [-0.1, -0.05) is 41.9 Å². The fraction of sp³-hybridized carbons (Fsp3) is 0.105. The van der Waals surface area contributed by atoms with Crippen LogP contribution in [0, 0.1) is 0 Å². The minimum absolute atomic E-state index is 0.184. The van der Waals surface area contributed by atoms with E-state index in [4.69, 9.17) is 16.3 Å². The van der Waals surface area contributed by atoms with Gasteiger partial charge in [0.15, 0.2) is 0 Å². The van der Waals surface area contributed by atoms with Crippen LogP contribution < -0.4 is 15.0 Å². The van der Waals surface area contributed by atoms with Gasteiger partial charge in [0.1, 0.15) is 11.3 Å². The highest BCUT2D eigenvalue weighted by atomic mass is 35.5. The molecule has 0 unspecified atom stereocenters. The molecule has 6 nitrogen and oxygen atoms in total. The Morgan fingerprint density at radius 3 is 2.50 bits per heavy atom. The minimum Gasteiger partial charge on any atom is -0.493 e. The molecule has 1 N–H and O–H groups in total. The van der Waals surface area contributed by atoms with Crippen LogP contribution >= 0.6 is 11.6 Å². The van der Waals surface area contributed by atoms with Crippen molar-refractivity contribution in [2.24, 2.45) is 0 Å². The number of nitrogens with zero attached hydrogens (tertiary/aromatic N) is 1. The zero-order valence-corrected chi connectivity index (χ0v) is 14.6. The molecule has 0 bridgehead atoms. The molecule has 3 rings (SSSR count). The zero-order valence-electron chi connectivity index (χ0n) is 13.9. The molecular weight excluding hydrogens is 356 g/mol. The van der Waals surface area contributed by atoms with Crippen LogP contribution in [0.15, 0.2) is 54.1 Å². The molecule has 1 fully saturated rings. The lowest BCUT2D eigenvalue weighted by Crippen LogP contribution is -2.54. The van der Waals surface area contributed by atoms with Gasteiger partial charge in [0.05, 0.1) is 17.3 Å². The summed E-state index contributed by atoms with van der Waals surface area (Å²) in [5, 5.41) is 2.39. The second-order valence-electron chi connectivity index (χ2n) is 5.38. The zero-order chi connectivity index (χ0) is 18.7. The Bertz CT molecular complexity index is 923. The molecular formula is C19H15ClN2O4. The van der Waals surface area contributed by atoms with Crippen LogP contribution in [0.1, 0.15) is 12.5 Å². The smallest absolute Gasteiger partial charge is 0.335 e. The number of benzene rings is 2. The third kappa shape index (κ3) is 3.32. The Morgan fingerprint density at radius 1 is 1.08 bits per heavy atom. The maximum Gasteiger partial charge on any atom is 0.335 e. The topological polar surface area (TPSA) is 75.7 Å². The summed E-state index contributed by atoms with van der Waals surface area (Å²) in [6, 6.07) is 12.6. The Balaban J connectivity index is 2.05. The molecule has 132 valence electrons. The molecule has 1 saturated heterocycles. The number of ether oxygens (including phenoxy) is 1. The molecule has 1 heterocycles. The van der Waals surface area contributed by atoms with Crippen molar-refractivity contribution in [3.05, 3.63) is 64.7 Å². The number of carbonyl (C=O) groups is 3. The summed E-state index contributed by atoms with van der Waals surface area (Å²) in [5.74, 6) is -0.989. The predicted molar refractivity (Wildman–Crippen MR) is 98.1 cm³/mol. The molecule has 0 aromatic heterocycles. The van der Waals surface area contributed by atoms with E-state index in [9.17, 15) is 14.4 Å². The summed E-state index contributed by atoms with van der Waals surface area (Å²) in [7, 11) is 0. The summed E-state index contributed by atoms with van der Waals surface area (Å²) in [4.78, 5) is 38.1. The number of barbiturate groups is 1. The van der Waals surface area contributed by atoms with E-state index in [0.29, 0.717) is 17.9 Å². The van der Waals surface area contributed by atoms with Gasteiger partial charge in [-0.15, -0.1) is 0 Å². The summed E-state index contributed by atoms with van der Waals surface area (Å²) >= 11 is 6.10. The lowest BCUT2D eigenvalue weighted by molar-refractivity contribution is -0.122. The highest BCUT2D eigenvalue weighted by Crippen LogP contribution is 2.29. The van der Waals surface area contributed by atoms with E-state index in [2.05, 4.69) is 5.32 Å². The third-order valence-electron chi connectivity index (χ3n) is 3.71. The molecule has 26 heavy (non-hydrogen) atoms. The number of nitrogens with one attached hydrogen (secondary N) is 1. The van der Waals surface area contributed by atoms with Gasteiger partial charge < -0.3 is 4.74 Å². The van der Waals surface area contributed by atoms with E-state index in [1.165, 1.54) is 12.1 Å². The van der Waals surface area contributed by atoms with E-state index in [1.54, 1.807) is 42.5 Å². The van der Waals surface area contributed by atoms with Crippen LogP contribution in [-0.2, 0) is 9.59 Å². The first-order valence-electron chi connectivity index (χ1n) is 7.90. The lowest BCUT2D eigenvalue weighted by atomic mass is 10.1. The molecule has 0 saturated carbocycles. The molecule has 4 amide bonds. The average molecular weight is 371 g/mol. The number of halogens is 1. The third-order valence-corrected chi connectivity index (χ3v) is 4.03. The van der Waals surface area contributed by atoms with Crippen molar-refractivity contribution in [2.75, 3.05) is 11.5 Å². The van der Waals surface area contributed by atoms with Crippen LogP contribution in [0.4, 0.5) is 10.5 Å². The molecule has 0 radical (unpaired) electrons. The summed E-state index contributed by atoms with van der Waals surface area (Å²) in [6.07, 6.45) is 1.40. The van der Waals surface area contributed by atoms with Gasteiger partial charge in [-0.2, -0.15) is 0 Å². The number of rotatable bonds is 4. The van der Waals surface area contributed by atoms with Crippen molar-refractivity contribution in [1.29, 1.82) is 0 Å². The molecule has 7 heteroatoms. The summed E-state index contributed by atoms with van der Waals surface area (Å²) in [5.41, 5.74) is 0.575. The second kappa shape index (κ2) is 7.41. The Morgan fingerprint density at radius 2 is 1.77 bits per heavy atom. The monoisotopic (exact) mass is 370 g/mol. The van der Waals surface area contributed by atoms with E-state index in [0.717, 1.165) is 4.90 Å². The largest absolute Gasteiger partial charge is 0.493 e. The van der Waals surface area contributed by atoms with Gasteiger partial charge in [0, 0.05) is 5.56 Å². The van der Waals surface area contributed by atoms with Crippen LogP contribution in [0.5, 0.6) is 5.75 Å². The fourth-order valence-corrected chi connectivity index (χ4v) is 2.77. The van der Waals surface area contributed by atoms with Crippen molar-refractivity contribution in [1.82, 2.24) is 5.32 Å². The molecule has 1 aliphatic rings. The quantitative estimate of drug-likeness (QED) is 0.661. The summed E-state index contributed by atoms with van der Waals surface area (Å²) < 4.78 is 5.51. The number of hydrogen-bond acceptors (Lipinski definition) is 4. The van der Waals surface area contributed by atoms with E-state index >= 15 is 0 Å². The van der Waals surface area contributed by atoms with E-state index < -0.39 is 17.8 Å². The molecule has 0 atom stereocenters. The van der Waals surface area contributed by atoms with E-state index in [1.807, 2.05) is 6.92 Å². The number of urea groups is 1.